The summed E-state index contributed by atoms with van der Waals surface area (Å²) in [5.41, 5.74) is -0.576. The standard InChI is InChI=1S/C19H20FN5O3S/c1-10(2)21-13(26)9-29-17-14-16(24(3)19(28)25(4)18(14)27)22-15(23-17)11-6-5-7-12(20)8-11/h5-8,10H,9H2,1-4H3,(H,21,26). The fraction of sp³-hybridized carbons (Fsp3) is 0.316. The molecular formula is C19H20FN5O3S. The highest BCUT2D eigenvalue weighted by atomic mass is 32.2. The fourth-order valence-electron chi connectivity index (χ4n) is 2.79. The van der Waals surface area contributed by atoms with Crippen molar-refractivity contribution in [3.05, 3.63) is 50.9 Å². The number of aryl methyl sites for hydroxylation is 1. The minimum absolute atomic E-state index is 0.0261. The number of hydrogen-bond acceptors (Lipinski definition) is 6. The van der Waals surface area contributed by atoms with E-state index in [0.717, 1.165) is 16.3 Å². The van der Waals surface area contributed by atoms with Gasteiger partial charge >= 0.3 is 5.69 Å². The van der Waals surface area contributed by atoms with Crippen molar-refractivity contribution in [2.75, 3.05) is 5.75 Å². The number of halogens is 1. The molecule has 1 N–H and O–H groups in total. The Hall–Kier alpha value is -3.01. The van der Waals surface area contributed by atoms with Gasteiger partial charge in [0.2, 0.25) is 5.91 Å². The van der Waals surface area contributed by atoms with E-state index in [1.54, 1.807) is 6.07 Å². The molecule has 1 aromatic carbocycles. The van der Waals surface area contributed by atoms with Gasteiger partial charge in [-0.2, -0.15) is 0 Å². The SMILES string of the molecule is CC(C)NC(=O)CSc1nc(-c2cccc(F)c2)nc2c1c(=O)n(C)c(=O)n2C. The van der Waals surface area contributed by atoms with Crippen LogP contribution in [0.15, 0.2) is 38.9 Å². The van der Waals surface area contributed by atoms with Crippen molar-refractivity contribution in [3.63, 3.8) is 0 Å². The van der Waals surface area contributed by atoms with Gasteiger partial charge in [-0.15, -0.1) is 0 Å². The average molecular weight is 417 g/mol. The maximum atomic E-state index is 13.7. The molecule has 0 saturated heterocycles. The van der Waals surface area contributed by atoms with Gasteiger partial charge in [0.15, 0.2) is 11.5 Å². The van der Waals surface area contributed by atoms with E-state index < -0.39 is 17.1 Å². The summed E-state index contributed by atoms with van der Waals surface area (Å²) in [5, 5.41) is 3.16. The lowest BCUT2D eigenvalue weighted by molar-refractivity contribution is -0.119. The van der Waals surface area contributed by atoms with Crippen LogP contribution in [0, 0.1) is 5.82 Å². The number of nitrogens with zero attached hydrogens (tertiary/aromatic N) is 4. The lowest BCUT2D eigenvalue weighted by Gasteiger charge is -2.12. The molecule has 0 bridgehead atoms. The first-order chi connectivity index (χ1) is 13.7. The van der Waals surface area contributed by atoms with E-state index in [4.69, 9.17) is 0 Å². The first-order valence-corrected chi connectivity index (χ1v) is 9.83. The normalized spacial score (nSPS) is 11.2. The predicted octanol–water partition coefficient (Wildman–Crippen LogP) is 1.45. The summed E-state index contributed by atoms with van der Waals surface area (Å²) in [5.74, 6) is -0.494. The minimum atomic E-state index is -0.555. The topological polar surface area (TPSA) is 98.9 Å². The van der Waals surface area contributed by atoms with Crippen LogP contribution in [0.25, 0.3) is 22.4 Å². The van der Waals surface area contributed by atoms with Crippen molar-refractivity contribution in [1.29, 1.82) is 0 Å². The molecule has 3 rings (SSSR count). The van der Waals surface area contributed by atoms with Crippen LogP contribution in [-0.4, -0.2) is 36.8 Å². The van der Waals surface area contributed by atoms with Crippen LogP contribution in [0.1, 0.15) is 13.8 Å². The maximum absolute atomic E-state index is 13.7. The number of carbonyl (C=O) groups is 1. The third-order valence-corrected chi connectivity index (χ3v) is 5.11. The number of fused-ring (bicyclic) bond motifs is 1. The number of amides is 1. The molecule has 0 aliphatic rings. The molecule has 3 aromatic rings. The molecule has 8 nitrogen and oxygen atoms in total. The Kier molecular flexibility index (Phi) is 5.83. The van der Waals surface area contributed by atoms with Gasteiger partial charge in [0.25, 0.3) is 5.56 Å². The van der Waals surface area contributed by atoms with E-state index >= 15 is 0 Å². The Bertz CT molecular complexity index is 1220. The molecule has 2 heterocycles. The molecule has 0 aliphatic heterocycles. The van der Waals surface area contributed by atoms with E-state index in [1.165, 1.54) is 36.9 Å². The van der Waals surface area contributed by atoms with Crippen molar-refractivity contribution < 1.29 is 9.18 Å². The summed E-state index contributed by atoms with van der Waals surface area (Å²) < 4.78 is 15.9. The molecule has 0 atom stereocenters. The fourth-order valence-corrected chi connectivity index (χ4v) is 3.61. The molecule has 0 radical (unpaired) electrons. The molecule has 2 aromatic heterocycles. The molecule has 29 heavy (non-hydrogen) atoms. The number of nitrogens with one attached hydrogen (secondary N) is 1. The summed E-state index contributed by atoms with van der Waals surface area (Å²) in [4.78, 5) is 45.9. The number of hydrogen-bond donors (Lipinski definition) is 1. The molecule has 0 saturated carbocycles. The third-order valence-electron chi connectivity index (χ3n) is 4.14. The van der Waals surface area contributed by atoms with Crippen LogP contribution in [0.3, 0.4) is 0 Å². The summed E-state index contributed by atoms with van der Waals surface area (Å²) in [7, 11) is 2.86. The monoisotopic (exact) mass is 417 g/mol. The van der Waals surface area contributed by atoms with Crippen molar-refractivity contribution >= 4 is 28.7 Å². The number of carbonyl (C=O) groups excluding carboxylic acids is 1. The van der Waals surface area contributed by atoms with E-state index in [0.29, 0.717) is 5.56 Å². The Labute approximate surface area is 169 Å². The largest absolute Gasteiger partial charge is 0.353 e. The summed E-state index contributed by atoms with van der Waals surface area (Å²) >= 11 is 1.06. The third kappa shape index (κ3) is 4.21. The van der Waals surface area contributed by atoms with Crippen molar-refractivity contribution in [2.24, 2.45) is 14.1 Å². The molecule has 1 amide bonds. The van der Waals surface area contributed by atoms with Crippen LogP contribution in [0.5, 0.6) is 0 Å². The van der Waals surface area contributed by atoms with Gasteiger partial charge in [0.05, 0.1) is 5.75 Å². The number of rotatable bonds is 5. The van der Waals surface area contributed by atoms with Gasteiger partial charge in [0.1, 0.15) is 16.2 Å². The van der Waals surface area contributed by atoms with Gasteiger partial charge in [0, 0.05) is 25.7 Å². The number of benzene rings is 1. The smallest absolute Gasteiger partial charge is 0.332 e. The van der Waals surface area contributed by atoms with Gasteiger partial charge in [-0.3, -0.25) is 18.7 Å². The van der Waals surface area contributed by atoms with Crippen molar-refractivity contribution in [3.8, 4) is 11.4 Å². The first kappa shape index (κ1) is 20.7. The second kappa shape index (κ2) is 8.16. The quantitative estimate of drug-likeness (QED) is 0.498. The Morgan fingerprint density at radius 2 is 1.93 bits per heavy atom. The Morgan fingerprint density at radius 3 is 2.59 bits per heavy atom. The zero-order valence-electron chi connectivity index (χ0n) is 16.4. The van der Waals surface area contributed by atoms with Gasteiger partial charge in [-0.25, -0.2) is 19.2 Å². The van der Waals surface area contributed by atoms with E-state index in [-0.39, 0.29) is 39.6 Å². The summed E-state index contributed by atoms with van der Waals surface area (Å²) in [6, 6.07) is 5.68. The Morgan fingerprint density at radius 1 is 1.21 bits per heavy atom. The van der Waals surface area contributed by atoms with Crippen LogP contribution < -0.4 is 16.6 Å². The number of aromatic nitrogens is 4. The van der Waals surface area contributed by atoms with E-state index in [1.807, 2.05) is 13.8 Å². The number of thioether (sulfide) groups is 1. The van der Waals surface area contributed by atoms with E-state index in [2.05, 4.69) is 15.3 Å². The lowest BCUT2D eigenvalue weighted by Crippen LogP contribution is -2.38. The van der Waals surface area contributed by atoms with Crippen LogP contribution in [0.2, 0.25) is 0 Å². The molecular weight excluding hydrogens is 397 g/mol. The van der Waals surface area contributed by atoms with E-state index in [9.17, 15) is 18.8 Å². The first-order valence-electron chi connectivity index (χ1n) is 8.85. The second-order valence-electron chi connectivity index (χ2n) is 6.78. The zero-order valence-corrected chi connectivity index (χ0v) is 17.2. The second-order valence-corrected chi connectivity index (χ2v) is 7.74. The lowest BCUT2D eigenvalue weighted by atomic mass is 10.2. The van der Waals surface area contributed by atoms with Gasteiger partial charge in [-0.05, 0) is 26.0 Å². The van der Waals surface area contributed by atoms with Crippen LogP contribution in [0.4, 0.5) is 4.39 Å². The maximum Gasteiger partial charge on any atom is 0.332 e. The zero-order chi connectivity index (χ0) is 21.3. The average Bonchev–Trinajstić information content (AvgIpc) is 2.67. The van der Waals surface area contributed by atoms with Gasteiger partial charge in [-0.1, -0.05) is 23.9 Å². The molecule has 0 aliphatic carbocycles. The van der Waals surface area contributed by atoms with Crippen molar-refractivity contribution in [1.82, 2.24) is 24.4 Å². The van der Waals surface area contributed by atoms with Crippen LogP contribution >= 0.6 is 11.8 Å². The molecule has 10 heteroatoms. The van der Waals surface area contributed by atoms with Crippen LogP contribution in [-0.2, 0) is 18.9 Å². The summed E-state index contributed by atoms with van der Waals surface area (Å²) in [6.07, 6.45) is 0. The molecule has 0 spiro atoms. The Balaban J connectivity index is 2.22. The molecule has 0 fully saturated rings. The molecule has 0 unspecified atom stereocenters. The highest BCUT2D eigenvalue weighted by Crippen LogP contribution is 2.26. The van der Waals surface area contributed by atoms with Crippen molar-refractivity contribution in [2.45, 2.75) is 24.9 Å². The summed E-state index contributed by atoms with van der Waals surface area (Å²) in [6.45, 7) is 3.69. The minimum Gasteiger partial charge on any atom is -0.353 e. The predicted molar refractivity (Wildman–Crippen MR) is 109 cm³/mol. The molecule has 152 valence electrons. The highest BCUT2D eigenvalue weighted by molar-refractivity contribution is 8.00. The van der Waals surface area contributed by atoms with Gasteiger partial charge < -0.3 is 5.32 Å². The highest BCUT2D eigenvalue weighted by Gasteiger charge is 2.19.